The first-order chi connectivity index (χ1) is 26.0. The van der Waals surface area contributed by atoms with Crippen molar-refractivity contribution in [1.29, 1.82) is 0 Å². The molecule has 0 amide bonds. The molecule has 1 aromatic heterocycles. The average molecular weight is 851 g/mol. The summed E-state index contributed by atoms with van der Waals surface area (Å²) in [6, 6.07) is 12.3. The van der Waals surface area contributed by atoms with Gasteiger partial charge in [0.1, 0.15) is 5.82 Å². The Bertz CT molecular complexity index is 1860. The Hall–Kier alpha value is -4.44. The van der Waals surface area contributed by atoms with E-state index in [4.69, 9.17) is 34.7 Å². The molecule has 0 spiro atoms. The number of nitrogens with zero attached hydrogens (tertiary/aromatic N) is 3. The summed E-state index contributed by atoms with van der Waals surface area (Å²) in [5.41, 5.74) is 5.55. The Morgan fingerprint density at radius 1 is 0.789 bits per heavy atom. The smallest absolute Gasteiger partial charge is 0.475 e. The van der Waals surface area contributed by atoms with Gasteiger partial charge in [-0.3, -0.25) is 0 Å². The Morgan fingerprint density at radius 3 is 1.61 bits per heavy atom. The molecular formula is C35H43F9N4O8S. The van der Waals surface area contributed by atoms with Gasteiger partial charge in [0, 0.05) is 24.4 Å². The maximum absolute atomic E-state index is 11.8. The number of sulfone groups is 1. The van der Waals surface area contributed by atoms with E-state index in [2.05, 4.69) is 47.7 Å². The van der Waals surface area contributed by atoms with Gasteiger partial charge < -0.3 is 30.1 Å². The highest BCUT2D eigenvalue weighted by molar-refractivity contribution is 7.90. The number of hydrogen-bond donors (Lipinski definition) is 4. The van der Waals surface area contributed by atoms with Crippen LogP contribution in [0, 0.1) is 12.8 Å². The number of halogens is 9. The van der Waals surface area contributed by atoms with Crippen molar-refractivity contribution in [2.45, 2.75) is 81.8 Å². The Balaban J connectivity index is 0.000000438. The van der Waals surface area contributed by atoms with Crippen LogP contribution in [0.3, 0.4) is 0 Å². The molecule has 57 heavy (non-hydrogen) atoms. The van der Waals surface area contributed by atoms with E-state index in [1.165, 1.54) is 75.8 Å². The Morgan fingerprint density at radius 2 is 1.23 bits per heavy atom. The van der Waals surface area contributed by atoms with E-state index in [1.807, 2.05) is 12.1 Å². The summed E-state index contributed by atoms with van der Waals surface area (Å²) >= 11 is 0. The summed E-state index contributed by atoms with van der Waals surface area (Å²) in [6.07, 6.45) is -8.97. The van der Waals surface area contributed by atoms with Crippen molar-refractivity contribution in [3.05, 3.63) is 47.5 Å². The maximum atomic E-state index is 11.8. The van der Waals surface area contributed by atoms with E-state index >= 15 is 0 Å². The van der Waals surface area contributed by atoms with Crippen molar-refractivity contribution in [2.24, 2.45) is 5.92 Å². The molecule has 0 unspecified atom stereocenters. The zero-order valence-electron chi connectivity index (χ0n) is 31.1. The highest BCUT2D eigenvalue weighted by Crippen LogP contribution is 2.34. The lowest BCUT2D eigenvalue weighted by atomic mass is 9.87. The number of piperidine rings is 2. The molecule has 320 valence electrons. The number of aromatic amines is 1. The van der Waals surface area contributed by atoms with Gasteiger partial charge in [-0.1, -0.05) is 19.9 Å². The molecule has 2 aliphatic heterocycles. The second-order valence-corrected chi connectivity index (χ2v) is 15.8. The molecule has 0 aliphatic carbocycles. The van der Waals surface area contributed by atoms with Crippen molar-refractivity contribution in [1.82, 2.24) is 19.8 Å². The molecule has 12 nitrogen and oxygen atoms in total. The first-order valence-electron chi connectivity index (χ1n) is 17.2. The first kappa shape index (κ1) is 48.7. The molecule has 5 rings (SSSR count). The van der Waals surface area contributed by atoms with Gasteiger partial charge in [0.25, 0.3) is 0 Å². The van der Waals surface area contributed by atoms with Gasteiger partial charge in [0.2, 0.25) is 0 Å². The zero-order valence-corrected chi connectivity index (χ0v) is 31.9. The third-order valence-corrected chi connectivity index (χ3v) is 9.91. The number of aryl methyl sites for hydroxylation is 1. The van der Waals surface area contributed by atoms with Crippen LogP contribution in [0.1, 0.15) is 56.6 Å². The Labute approximate surface area is 321 Å². The molecular weight excluding hydrogens is 807 g/mol. The molecule has 2 fully saturated rings. The summed E-state index contributed by atoms with van der Waals surface area (Å²) in [5.74, 6) is -6.15. The summed E-state index contributed by atoms with van der Waals surface area (Å²) in [4.78, 5) is 40.7. The molecule has 0 bridgehead atoms. The molecule has 0 atom stereocenters. The van der Waals surface area contributed by atoms with E-state index in [-0.39, 0.29) is 0 Å². The van der Waals surface area contributed by atoms with Gasteiger partial charge in [-0.2, -0.15) is 39.5 Å². The van der Waals surface area contributed by atoms with Crippen molar-refractivity contribution in [3.8, 4) is 11.4 Å². The number of hydrogen-bond acceptors (Lipinski definition) is 8. The molecule has 2 saturated heterocycles. The van der Waals surface area contributed by atoms with Crippen LogP contribution >= 0.6 is 0 Å². The van der Waals surface area contributed by atoms with Gasteiger partial charge in [-0.25, -0.2) is 27.8 Å². The van der Waals surface area contributed by atoms with Gasteiger partial charge in [-0.05, 0) is 112 Å². The van der Waals surface area contributed by atoms with Crippen molar-refractivity contribution < 1.29 is 77.6 Å². The third kappa shape index (κ3) is 15.8. The van der Waals surface area contributed by atoms with E-state index in [0.29, 0.717) is 10.8 Å². The molecule has 22 heteroatoms. The number of imidazole rings is 1. The van der Waals surface area contributed by atoms with Gasteiger partial charge in [-0.15, -0.1) is 0 Å². The predicted molar refractivity (Wildman–Crippen MR) is 188 cm³/mol. The lowest BCUT2D eigenvalue weighted by molar-refractivity contribution is -0.193. The fraction of sp³-hybridized carbons (Fsp3) is 0.543. The number of rotatable bonds is 6. The van der Waals surface area contributed by atoms with Gasteiger partial charge >= 0.3 is 36.4 Å². The minimum Gasteiger partial charge on any atom is -0.475 e. The van der Waals surface area contributed by atoms with Crippen molar-refractivity contribution in [3.63, 3.8) is 0 Å². The van der Waals surface area contributed by atoms with Crippen LogP contribution in [0.5, 0.6) is 0 Å². The fourth-order valence-electron chi connectivity index (χ4n) is 6.13. The summed E-state index contributed by atoms with van der Waals surface area (Å²) < 4.78 is 119. The Kier molecular flexibility index (Phi) is 16.9. The topological polar surface area (TPSA) is 181 Å². The lowest BCUT2D eigenvalue weighted by Gasteiger charge is -2.42. The number of carbonyl (C=O) groups is 3. The quantitative estimate of drug-likeness (QED) is 0.185. The second-order valence-electron chi connectivity index (χ2n) is 13.8. The number of carboxylic acid groups (broad SMARTS) is 3. The molecule has 2 aliphatic rings. The van der Waals surface area contributed by atoms with Crippen LogP contribution in [-0.4, -0.2) is 125 Å². The SMILES string of the molecule is Cc1cc(C2CCN(C3CCN(CC(C)C)CC3)CC2)cc2[nH]c(-c3ccc(S(C)(=O)=O)cc3)nc12.O=C(O)C(F)(F)F.O=C(O)C(F)(F)F.O=C(O)C(F)(F)F. The van der Waals surface area contributed by atoms with E-state index in [1.54, 1.807) is 12.1 Å². The number of alkyl halides is 9. The highest BCUT2D eigenvalue weighted by atomic mass is 32.2. The predicted octanol–water partition coefficient (Wildman–Crippen LogP) is 7.14. The normalized spacial score (nSPS) is 16.5. The maximum Gasteiger partial charge on any atom is 0.490 e. The van der Waals surface area contributed by atoms with Crippen molar-refractivity contribution >= 4 is 38.8 Å². The standard InChI is InChI=1S/C29H40N4O2S.3C2HF3O2/c1-20(2)19-32-13-11-25(12-14-32)33-15-9-22(10-16-33)24-17-21(3)28-27(18-24)30-29(31-28)23-5-7-26(8-6-23)36(4,34)35;3*3-2(4,5)1(6)7/h5-8,17-18,20,22,25H,9-16,19H2,1-4H3,(H,30,31);3*(H,6,7). The van der Waals surface area contributed by atoms with Gasteiger partial charge in [0.15, 0.2) is 9.84 Å². The fourth-order valence-corrected chi connectivity index (χ4v) is 6.76. The second kappa shape index (κ2) is 19.8. The van der Waals surface area contributed by atoms with Crippen LogP contribution < -0.4 is 0 Å². The van der Waals surface area contributed by atoms with Crippen LogP contribution in [0.4, 0.5) is 39.5 Å². The van der Waals surface area contributed by atoms with Crippen LogP contribution in [0.2, 0.25) is 0 Å². The molecule has 3 heterocycles. The number of aromatic nitrogens is 2. The largest absolute Gasteiger partial charge is 0.490 e. The summed E-state index contributed by atoms with van der Waals surface area (Å²) in [6.45, 7) is 12.9. The molecule has 0 saturated carbocycles. The number of carboxylic acids is 3. The summed E-state index contributed by atoms with van der Waals surface area (Å²) in [7, 11) is -3.21. The highest BCUT2D eigenvalue weighted by Gasteiger charge is 2.39. The van der Waals surface area contributed by atoms with Crippen LogP contribution in [0.15, 0.2) is 41.3 Å². The molecule has 3 aromatic rings. The molecule has 4 N–H and O–H groups in total. The first-order valence-corrected chi connectivity index (χ1v) is 19.1. The third-order valence-electron chi connectivity index (χ3n) is 8.78. The molecule has 0 radical (unpaired) electrons. The van der Waals surface area contributed by atoms with Crippen LogP contribution in [0.25, 0.3) is 22.4 Å². The monoisotopic (exact) mass is 850 g/mol. The van der Waals surface area contributed by atoms with Crippen molar-refractivity contribution in [2.75, 3.05) is 39.0 Å². The number of fused-ring (bicyclic) bond motifs is 1. The van der Waals surface area contributed by atoms with E-state index < -0.39 is 46.3 Å². The minimum atomic E-state index is -5.08. The minimum absolute atomic E-state index is 0.327. The van der Waals surface area contributed by atoms with E-state index in [0.717, 1.165) is 34.4 Å². The zero-order chi connectivity index (χ0) is 43.7. The average Bonchev–Trinajstić information content (AvgIpc) is 3.53. The number of nitrogens with one attached hydrogen (secondary N) is 1. The van der Waals surface area contributed by atoms with Crippen LogP contribution in [-0.2, 0) is 24.2 Å². The number of likely N-dealkylation sites (tertiary alicyclic amines) is 2. The van der Waals surface area contributed by atoms with Gasteiger partial charge in [0.05, 0.1) is 15.9 Å². The van der Waals surface area contributed by atoms with E-state index in [9.17, 15) is 47.9 Å². The number of aliphatic carboxylic acids is 3. The summed E-state index contributed by atoms with van der Waals surface area (Å²) in [5, 5.41) is 21.4. The molecule has 2 aromatic carbocycles. The number of benzene rings is 2. The lowest BCUT2D eigenvalue weighted by Crippen LogP contribution is -2.48. The number of H-pyrrole nitrogens is 1.